The average Bonchev–Trinajstić information content (AvgIpc) is 2.26. The Morgan fingerprint density at radius 2 is 2.35 bits per heavy atom. The number of amides is 1. The van der Waals surface area contributed by atoms with E-state index in [0.29, 0.717) is 19.9 Å². The van der Waals surface area contributed by atoms with Crippen molar-refractivity contribution in [2.24, 2.45) is 5.73 Å². The SMILES string of the molecule is CC(C)(C)OC[C@H](N)C(=O)N[C@H]1CCS[Se]C1. The second-order valence-corrected chi connectivity index (χ2v) is 9.68. The Kier molecular flexibility index (Phi) is 6.31. The summed E-state index contributed by atoms with van der Waals surface area (Å²) in [6.07, 6.45) is 1.06. The average molecular weight is 325 g/mol. The first kappa shape index (κ1) is 15.3. The van der Waals surface area contributed by atoms with Gasteiger partial charge in [0, 0.05) is 0 Å². The van der Waals surface area contributed by atoms with E-state index < -0.39 is 6.04 Å². The maximum absolute atomic E-state index is 11.8. The van der Waals surface area contributed by atoms with Crippen molar-refractivity contribution in [3.8, 4) is 0 Å². The van der Waals surface area contributed by atoms with Crippen LogP contribution in [0.25, 0.3) is 0 Å². The van der Waals surface area contributed by atoms with Gasteiger partial charge >= 0.3 is 113 Å². The standard InChI is InChI=1S/C11H22N2O2SSe/c1-11(2,3)15-6-9(12)10(14)13-8-4-5-16-17-7-8/h8-9H,4-7,12H2,1-3H3,(H,13,14)/t8-,9-/m0/s1. The van der Waals surface area contributed by atoms with Crippen molar-refractivity contribution in [3.05, 3.63) is 0 Å². The summed E-state index contributed by atoms with van der Waals surface area (Å²) < 4.78 is 5.52. The molecule has 2 atom stereocenters. The third kappa shape index (κ3) is 6.67. The number of rotatable bonds is 4. The zero-order valence-corrected chi connectivity index (χ0v) is 13.2. The molecular weight excluding hydrogens is 303 g/mol. The molecule has 1 saturated heterocycles. The van der Waals surface area contributed by atoms with Crippen molar-refractivity contribution in [2.45, 2.75) is 50.2 Å². The molecule has 0 spiro atoms. The Labute approximate surface area is 113 Å². The van der Waals surface area contributed by atoms with Gasteiger partial charge in [0.15, 0.2) is 0 Å². The molecule has 4 nitrogen and oxygen atoms in total. The summed E-state index contributed by atoms with van der Waals surface area (Å²) in [5.74, 6) is 1.07. The van der Waals surface area contributed by atoms with Crippen LogP contribution in [0.1, 0.15) is 27.2 Å². The van der Waals surface area contributed by atoms with Crippen LogP contribution in [0, 0.1) is 0 Å². The molecule has 1 heterocycles. The van der Waals surface area contributed by atoms with Gasteiger partial charge in [-0.05, 0) is 0 Å². The molecular formula is C11H22N2O2SSe. The van der Waals surface area contributed by atoms with Gasteiger partial charge in [0.05, 0.1) is 0 Å². The summed E-state index contributed by atoms with van der Waals surface area (Å²) in [5.41, 5.74) is 5.56. The normalized spacial score (nSPS) is 23.2. The number of nitrogens with two attached hydrogens (primary N) is 1. The molecule has 0 unspecified atom stereocenters. The molecule has 100 valence electrons. The fourth-order valence-corrected chi connectivity index (χ4v) is 5.57. The molecule has 6 heteroatoms. The third-order valence-electron chi connectivity index (χ3n) is 2.28. The number of carbonyl (C=O) groups excluding carboxylic acids is 1. The van der Waals surface area contributed by atoms with E-state index in [4.69, 9.17) is 10.5 Å². The van der Waals surface area contributed by atoms with Crippen LogP contribution in [0.4, 0.5) is 0 Å². The van der Waals surface area contributed by atoms with E-state index in [-0.39, 0.29) is 18.1 Å². The van der Waals surface area contributed by atoms with Crippen LogP contribution in [0.2, 0.25) is 5.32 Å². The van der Waals surface area contributed by atoms with Crippen molar-refractivity contribution in [2.75, 3.05) is 12.4 Å². The van der Waals surface area contributed by atoms with E-state index in [1.807, 2.05) is 31.0 Å². The van der Waals surface area contributed by atoms with Gasteiger partial charge in [-0.2, -0.15) is 0 Å². The van der Waals surface area contributed by atoms with Crippen molar-refractivity contribution in [1.29, 1.82) is 0 Å². The number of carbonyl (C=O) groups is 1. The molecule has 1 amide bonds. The van der Waals surface area contributed by atoms with Crippen LogP contribution in [-0.2, 0) is 9.53 Å². The van der Waals surface area contributed by atoms with Crippen molar-refractivity contribution >= 4 is 29.9 Å². The summed E-state index contributed by atoms with van der Waals surface area (Å²) in [5, 5.41) is 4.12. The molecule has 0 radical (unpaired) electrons. The molecule has 1 aliphatic heterocycles. The molecule has 0 aliphatic carbocycles. The molecule has 0 aromatic heterocycles. The zero-order chi connectivity index (χ0) is 12.9. The van der Waals surface area contributed by atoms with Gasteiger partial charge in [-0.1, -0.05) is 0 Å². The van der Waals surface area contributed by atoms with Gasteiger partial charge in [-0.15, -0.1) is 0 Å². The summed E-state index contributed by atoms with van der Waals surface area (Å²) in [6.45, 7) is 6.15. The van der Waals surface area contributed by atoms with Gasteiger partial charge in [-0.25, -0.2) is 0 Å². The van der Waals surface area contributed by atoms with E-state index in [9.17, 15) is 4.79 Å². The second kappa shape index (κ2) is 7.00. The minimum absolute atomic E-state index is 0.0815. The molecule has 0 aromatic rings. The van der Waals surface area contributed by atoms with E-state index in [0.717, 1.165) is 17.5 Å². The van der Waals surface area contributed by atoms with Crippen LogP contribution in [0.5, 0.6) is 0 Å². The van der Waals surface area contributed by atoms with Gasteiger partial charge < -0.3 is 0 Å². The topological polar surface area (TPSA) is 64.3 Å². The van der Waals surface area contributed by atoms with E-state index >= 15 is 0 Å². The number of ether oxygens (including phenoxy) is 1. The zero-order valence-electron chi connectivity index (χ0n) is 10.7. The van der Waals surface area contributed by atoms with Gasteiger partial charge in [-0.3, -0.25) is 0 Å². The molecule has 1 fully saturated rings. The van der Waals surface area contributed by atoms with Gasteiger partial charge in [0.1, 0.15) is 0 Å². The molecule has 17 heavy (non-hydrogen) atoms. The summed E-state index contributed by atoms with van der Waals surface area (Å²) in [4.78, 5) is 11.8. The predicted octanol–water partition coefficient (Wildman–Crippen LogP) is 0.788. The Morgan fingerprint density at radius 3 is 2.88 bits per heavy atom. The first-order valence-electron chi connectivity index (χ1n) is 5.83. The first-order chi connectivity index (χ1) is 7.88. The Hall–Kier alpha value is 0.259. The number of hydrogen-bond acceptors (Lipinski definition) is 4. The summed E-state index contributed by atoms with van der Waals surface area (Å²) >= 11 is 0.613. The monoisotopic (exact) mass is 326 g/mol. The quantitative estimate of drug-likeness (QED) is 0.750. The van der Waals surface area contributed by atoms with Crippen LogP contribution in [-0.4, -0.2) is 49.8 Å². The maximum atomic E-state index is 11.8. The fourth-order valence-electron chi connectivity index (χ4n) is 1.30. The molecule has 0 aromatic carbocycles. The Bertz CT molecular complexity index is 252. The minimum atomic E-state index is -0.559. The fraction of sp³-hybridized carbons (Fsp3) is 0.909. The molecule has 1 rings (SSSR count). The van der Waals surface area contributed by atoms with Crippen molar-refractivity contribution < 1.29 is 9.53 Å². The van der Waals surface area contributed by atoms with Crippen LogP contribution in [0.15, 0.2) is 0 Å². The van der Waals surface area contributed by atoms with Crippen LogP contribution >= 0.6 is 10.2 Å². The predicted molar refractivity (Wildman–Crippen MR) is 73.2 cm³/mol. The summed E-state index contributed by atoms with van der Waals surface area (Å²) in [6, 6.07) is -0.235. The van der Waals surface area contributed by atoms with Gasteiger partial charge in [0.25, 0.3) is 0 Å². The first-order valence-corrected chi connectivity index (χ1v) is 10.0. The van der Waals surface area contributed by atoms with Crippen molar-refractivity contribution in [1.82, 2.24) is 5.32 Å². The second-order valence-electron chi connectivity index (χ2n) is 5.13. The van der Waals surface area contributed by atoms with E-state index in [2.05, 4.69) is 5.32 Å². The Balaban J connectivity index is 2.26. The molecule has 0 bridgehead atoms. The van der Waals surface area contributed by atoms with Gasteiger partial charge in [0.2, 0.25) is 0 Å². The number of hydrogen-bond donors (Lipinski definition) is 2. The Morgan fingerprint density at radius 1 is 1.65 bits per heavy atom. The number of nitrogens with one attached hydrogen (secondary N) is 1. The molecule has 0 saturated carbocycles. The van der Waals surface area contributed by atoms with E-state index in [1.54, 1.807) is 0 Å². The molecule has 3 N–H and O–H groups in total. The van der Waals surface area contributed by atoms with E-state index in [1.165, 1.54) is 0 Å². The van der Waals surface area contributed by atoms with Crippen LogP contribution in [0.3, 0.4) is 0 Å². The molecule has 1 aliphatic rings. The summed E-state index contributed by atoms with van der Waals surface area (Å²) in [7, 11) is 2.00. The third-order valence-corrected chi connectivity index (χ3v) is 6.79. The van der Waals surface area contributed by atoms with Crippen LogP contribution < -0.4 is 11.1 Å². The van der Waals surface area contributed by atoms with Crippen molar-refractivity contribution in [3.63, 3.8) is 0 Å².